The molecule has 23 heavy (non-hydrogen) atoms. The van der Waals surface area contributed by atoms with E-state index < -0.39 is 0 Å². The summed E-state index contributed by atoms with van der Waals surface area (Å²) in [6, 6.07) is 16.9. The molecule has 2 rings (SSSR count). The molecule has 0 radical (unpaired) electrons. The van der Waals surface area contributed by atoms with Crippen molar-refractivity contribution >= 4 is 40.3 Å². The molecule has 2 N–H and O–H groups in total. The summed E-state index contributed by atoms with van der Waals surface area (Å²) in [5.74, 6) is 0.987. The van der Waals surface area contributed by atoms with E-state index in [1.165, 1.54) is 10.5 Å². The summed E-state index contributed by atoms with van der Waals surface area (Å²) in [5, 5.41) is 0. The van der Waals surface area contributed by atoms with E-state index >= 15 is 0 Å². The Bertz CT molecular complexity index is 586. The molecule has 0 aliphatic rings. The lowest BCUT2D eigenvalue weighted by Gasteiger charge is -2.10. The highest BCUT2D eigenvalue weighted by molar-refractivity contribution is 9.10. The number of hydrogen-bond acceptors (Lipinski definition) is 3. The molecule has 0 saturated carbocycles. The van der Waals surface area contributed by atoms with Gasteiger partial charge < -0.3 is 5.73 Å². The zero-order valence-corrected chi connectivity index (χ0v) is 17.5. The smallest absolute Gasteiger partial charge is 0.0277 e. The summed E-state index contributed by atoms with van der Waals surface area (Å²) in [6.07, 6.45) is 0. The average Bonchev–Trinajstić information content (AvgIpc) is 2.45. The van der Waals surface area contributed by atoms with E-state index in [0.29, 0.717) is 0 Å². The molecule has 0 aliphatic heterocycles. The maximum Gasteiger partial charge on any atom is 0.0277 e. The van der Waals surface area contributed by atoms with Crippen LogP contribution in [-0.4, -0.2) is 4.75 Å². The Morgan fingerprint density at radius 3 is 2.22 bits per heavy atom. The van der Waals surface area contributed by atoms with Gasteiger partial charge in [-0.3, -0.25) is 0 Å². The minimum atomic E-state index is 0.0525. The van der Waals surface area contributed by atoms with Gasteiger partial charge in [0.15, 0.2) is 0 Å². The first-order valence-electron chi connectivity index (χ1n) is 7.61. The van der Waals surface area contributed by atoms with Crippen LogP contribution in [0.15, 0.2) is 57.9 Å². The lowest BCUT2D eigenvalue weighted by molar-refractivity contribution is 0.809. The van der Waals surface area contributed by atoms with Crippen molar-refractivity contribution in [1.29, 1.82) is 0 Å². The Hall–Kier alpha value is -0.420. The number of thiol groups is 1. The molecular formula is C19H26BrNS2. The van der Waals surface area contributed by atoms with Gasteiger partial charge in [-0.2, -0.15) is 12.6 Å². The van der Waals surface area contributed by atoms with Crippen LogP contribution in [0.3, 0.4) is 0 Å². The SMILES string of the molecule is CC(C)(C)S.CC(N)c1cc(SCc2ccccc2)ccc1Br. The number of benzene rings is 2. The van der Waals surface area contributed by atoms with Crippen LogP contribution in [-0.2, 0) is 5.75 Å². The van der Waals surface area contributed by atoms with E-state index in [-0.39, 0.29) is 10.8 Å². The molecule has 0 aromatic heterocycles. The molecule has 126 valence electrons. The van der Waals surface area contributed by atoms with Crippen molar-refractivity contribution in [3.05, 3.63) is 64.1 Å². The molecule has 0 spiro atoms. The summed E-state index contributed by atoms with van der Waals surface area (Å²) in [7, 11) is 0. The van der Waals surface area contributed by atoms with Crippen molar-refractivity contribution in [2.24, 2.45) is 5.73 Å². The number of nitrogens with two attached hydrogens (primary N) is 1. The molecule has 0 saturated heterocycles. The Morgan fingerprint density at radius 1 is 1.13 bits per heavy atom. The molecule has 0 fully saturated rings. The first kappa shape index (κ1) is 20.6. The Kier molecular flexibility index (Phi) is 8.76. The van der Waals surface area contributed by atoms with E-state index in [0.717, 1.165) is 15.8 Å². The number of rotatable bonds is 4. The van der Waals surface area contributed by atoms with Crippen LogP contribution in [0.4, 0.5) is 0 Å². The fraction of sp³-hybridized carbons (Fsp3) is 0.368. The second-order valence-electron chi connectivity index (χ2n) is 6.42. The molecule has 2 aromatic rings. The van der Waals surface area contributed by atoms with Gasteiger partial charge in [0.1, 0.15) is 0 Å². The standard InChI is InChI=1S/C15H16BrNS.C4H10S/c1-11(17)14-9-13(7-8-15(14)16)18-10-12-5-3-2-4-6-12;1-4(2,3)5/h2-9,11H,10,17H2,1H3;5H,1-3H3. The molecule has 1 atom stereocenters. The first-order valence-corrected chi connectivity index (χ1v) is 9.83. The summed E-state index contributed by atoms with van der Waals surface area (Å²) in [5.41, 5.74) is 8.45. The maximum absolute atomic E-state index is 5.95. The lowest BCUT2D eigenvalue weighted by atomic mass is 10.1. The third-order valence-corrected chi connectivity index (χ3v) is 4.49. The molecule has 4 heteroatoms. The Labute approximate surface area is 159 Å². The van der Waals surface area contributed by atoms with Crippen LogP contribution in [0.25, 0.3) is 0 Å². The predicted molar refractivity (Wildman–Crippen MR) is 111 cm³/mol. The predicted octanol–water partition coefficient (Wildman–Crippen LogP) is 6.48. The quantitative estimate of drug-likeness (QED) is 0.444. The van der Waals surface area contributed by atoms with Crippen molar-refractivity contribution in [3.63, 3.8) is 0 Å². The average molecular weight is 412 g/mol. The highest BCUT2D eigenvalue weighted by atomic mass is 79.9. The van der Waals surface area contributed by atoms with E-state index in [1.54, 1.807) is 0 Å². The van der Waals surface area contributed by atoms with Gasteiger partial charge in [-0.15, -0.1) is 11.8 Å². The van der Waals surface area contributed by atoms with E-state index in [9.17, 15) is 0 Å². The van der Waals surface area contributed by atoms with Crippen molar-refractivity contribution in [1.82, 2.24) is 0 Å². The molecular weight excluding hydrogens is 386 g/mol. The third-order valence-electron chi connectivity index (χ3n) is 2.71. The van der Waals surface area contributed by atoms with Gasteiger partial charge in [0.05, 0.1) is 0 Å². The molecule has 0 bridgehead atoms. The minimum absolute atomic E-state index is 0.0525. The van der Waals surface area contributed by atoms with Gasteiger partial charge in [-0.05, 0) is 36.2 Å². The maximum atomic E-state index is 5.95. The highest BCUT2D eigenvalue weighted by Gasteiger charge is 2.06. The van der Waals surface area contributed by atoms with Gasteiger partial charge >= 0.3 is 0 Å². The minimum Gasteiger partial charge on any atom is -0.324 e. The summed E-state index contributed by atoms with van der Waals surface area (Å²) >= 11 is 9.50. The van der Waals surface area contributed by atoms with Gasteiger partial charge in [0.2, 0.25) is 0 Å². The van der Waals surface area contributed by atoms with Crippen molar-refractivity contribution in [2.45, 2.75) is 49.1 Å². The summed E-state index contributed by atoms with van der Waals surface area (Å²) in [6.45, 7) is 8.16. The summed E-state index contributed by atoms with van der Waals surface area (Å²) in [4.78, 5) is 1.26. The van der Waals surface area contributed by atoms with E-state index in [1.807, 2.05) is 24.8 Å². The lowest BCUT2D eigenvalue weighted by Crippen LogP contribution is -2.05. The second-order valence-corrected chi connectivity index (χ2v) is 9.66. The zero-order valence-electron chi connectivity index (χ0n) is 14.2. The van der Waals surface area contributed by atoms with E-state index in [2.05, 4.69) is 91.8 Å². The molecule has 2 aromatic carbocycles. The molecule has 0 amide bonds. The Balaban J connectivity index is 0.000000463. The van der Waals surface area contributed by atoms with Gasteiger partial charge in [0, 0.05) is 25.9 Å². The van der Waals surface area contributed by atoms with Crippen LogP contribution in [0.5, 0.6) is 0 Å². The van der Waals surface area contributed by atoms with Gasteiger partial charge in [0.25, 0.3) is 0 Å². The van der Waals surface area contributed by atoms with Crippen LogP contribution in [0.2, 0.25) is 0 Å². The Morgan fingerprint density at radius 2 is 1.70 bits per heavy atom. The summed E-state index contributed by atoms with van der Waals surface area (Å²) < 4.78 is 1.28. The molecule has 1 unspecified atom stereocenters. The fourth-order valence-corrected chi connectivity index (χ4v) is 3.21. The second kappa shape index (κ2) is 9.77. The van der Waals surface area contributed by atoms with Gasteiger partial charge in [-0.25, -0.2) is 0 Å². The number of hydrogen-bond donors (Lipinski definition) is 2. The van der Waals surface area contributed by atoms with Crippen LogP contribution >= 0.6 is 40.3 Å². The van der Waals surface area contributed by atoms with Crippen LogP contribution in [0, 0.1) is 0 Å². The van der Waals surface area contributed by atoms with Crippen molar-refractivity contribution in [3.8, 4) is 0 Å². The zero-order chi connectivity index (χ0) is 17.5. The van der Waals surface area contributed by atoms with Crippen molar-refractivity contribution in [2.75, 3.05) is 0 Å². The third kappa shape index (κ3) is 9.46. The largest absolute Gasteiger partial charge is 0.324 e. The monoisotopic (exact) mass is 411 g/mol. The van der Waals surface area contributed by atoms with E-state index in [4.69, 9.17) is 5.73 Å². The van der Waals surface area contributed by atoms with Gasteiger partial charge in [-0.1, -0.05) is 67.0 Å². The molecule has 1 nitrogen and oxygen atoms in total. The van der Waals surface area contributed by atoms with Crippen LogP contribution < -0.4 is 5.73 Å². The number of halogens is 1. The first-order chi connectivity index (χ1) is 10.7. The number of thioether (sulfide) groups is 1. The highest BCUT2D eigenvalue weighted by Crippen LogP contribution is 2.29. The molecule has 0 aliphatic carbocycles. The molecule has 0 heterocycles. The fourth-order valence-electron chi connectivity index (χ4n) is 1.70. The normalized spacial score (nSPS) is 12.3. The van der Waals surface area contributed by atoms with Crippen LogP contribution in [0.1, 0.15) is 44.9 Å². The van der Waals surface area contributed by atoms with Crippen molar-refractivity contribution < 1.29 is 0 Å². The topological polar surface area (TPSA) is 26.0 Å².